The molecule has 0 bridgehead atoms. The number of amides is 2. The molecule has 0 spiro atoms. The lowest BCUT2D eigenvalue weighted by molar-refractivity contribution is -0.121. The molecule has 0 aromatic heterocycles. The van der Waals surface area contributed by atoms with Gasteiger partial charge >= 0.3 is 0 Å². The number of carbonyl (C=O) groups excluding carboxylic acids is 2. The molecule has 4 rings (SSSR count). The fraction of sp³-hybridized carbons (Fsp3) is 0.364. The van der Waals surface area contributed by atoms with E-state index in [1.807, 2.05) is 13.0 Å². The molecule has 2 aromatic rings. The number of halogens is 1. The quantitative estimate of drug-likeness (QED) is 0.668. The van der Waals surface area contributed by atoms with E-state index >= 15 is 0 Å². The summed E-state index contributed by atoms with van der Waals surface area (Å²) in [6, 6.07) is 10.2. The molecule has 2 heterocycles. The number of hydrogen-bond donors (Lipinski definition) is 2. The maximum Gasteiger partial charge on any atom is 0.243 e. The van der Waals surface area contributed by atoms with E-state index in [0.29, 0.717) is 29.2 Å². The number of sulfonamides is 1. The summed E-state index contributed by atoms with van der Waals surface area (Å²) in [6.45, 7) is 4.20. The summed E-state index contributed by atoms with van der Waals surface area (Å²) in [6.07, 6.45) is 0.861. The van der Waals surface area contributed by atoms with Gasteiger partial charge in [-0.25, -0.2) is 8.42 Å². The van der Waals surface area contributed by atoms with E-state index in [-0.39, 0.29) is 41.0 Å². The Labute approximate surface area is 196 Å². The number of thioether (sulfide) groups is 1. The van der Waals surface area contributed by atoms with Crippen molar-refractivity contribution in [3.05, 3.63) is 47.0 Å². The molecule has 0 radical (unpaired) electrons. The molecule has 0 saturated carbocycles. The van der Waals surface area contributed by atoms with Gasteiger partial charge < -0.3 is 10.6 Å². The van der Waals surface area contributed by atoms with Crippen molar-refractivity contribution in [3.8, 4) is 0 Å². The van der Waals surface area contributed by atoms with Crippen LogP contribution in [0.5, 0.6) is 0 Å². The molecule has 10 heteroatoms. The molecule has 2 aromatic carbocycles. The first kappa shape index (κ1) is 23.1. The van der Waals surface area contributed by atoms with Crippen LogP contribution in [0, 0.1) is 12.8 Å². The number of hydrogen-bond acceptors (Lipinski definition) is 5. The SMILES string of the molecule is Cc1ccc(NC(=O)C2CCN(S(=O)(=O)c3ccc4c(c3)NC(=O)[C@@H](C)S4)CC2)cc1Cl. The Morgan fingerprint density at radius 2 is 1.91 bits per heavy atom. The van der Waals surface area contributed by atoms with Crippen molar-refractivity contribution in [2.45, 2.75) is 41.7 Å². The van der Waals surface area contributed by atoms with Crippen LogP contribution in [0.15, 0.2) is 46.2 Å². The summed E-state index contributed by atoms with van der Waals surface area (Å²) in [5.74, 6) is -0.550. The van der Waals surface area contributed by atoms with Gasteiger partial charge in [0, 0.05) is 34.6 Å². The van der Waals surface area contributed by atoms with Gasteiger partial charge in [0.15, 0.2) is 0 Å². The Morgan fingerprint density at radius 1 is 1.19 bits per heavy atom. The minimum Gasteiger partial charge on any atom is -0.326 e. The lowest BCUT2D eigenvalue weighted by Gasteiger charge is -2.31. The Balaban J connectivity index is 1.41. The number of anilines is 2. The zero-order valence-corrected chi connectivity index (χ0v) is 20.1. The number of nitrogens with zero attached hydrogens (tertiary/aromatic N) is 1. The van der Waals surface area contributed by atoms with Crippen LogP contribution in [0.25, 0.3) is 0 Å². The smallest absolute Gasteiger partial charge is 0.243 e. The van der Waals surface area contributed by atoms with Crippen LogP contribution < -0.4 is 10.6 Å². The van der Waals surface area contributed by atoms with Gasteiger partial charge in [0.05, 0.1) is 15.8 Å². The number of rotatable bonds is 4. The first-order valence-electron chi connectivity index (χ1n) is 10.3. The number of benzene rings is 2. The average molecular weight is 494 g/mol. The highest BCUT2D eigenvalue weighted by molar-refractivity contribution is 8.01. The van der Waals surface area contributed by atoms with Crippen LogP contribution in [-0.2, 0) is 19.6 Å². The topological polar surface area (TPSA) is 95.6 Å². The molecule has 1 atom stereocenters. The van der Waals surface area contributed by atoms with Crippen molar-refractivity contribution in [1.29, 1.82) is 0 Å². The predicted octanol–water partition coefficient (Wildman–Crippen LogP) is 4.12. The molecule has 1 saturated heterocycles. The van der Waals surface area contributed by atoms with E-state index in [1.54, 1.807) is 31.2 Å². The van der Waals surface area contributed by atoms with Crippen molar-refractivity contribution in [3.63, 3.8) is 0 Å². The zero-order valence-electron chi connectivity index (χ0n) is 17.7. The number of aryl methyl sites for hydroxylation is 1. The van der Waals surface area contributed by atoms with Crippen LogP contribution in [-0.4, -0.2) is 42.9 Å². The maximum absolute atomic E-state index is 13.1. The molecule has 7 nitrogen and oxygen atoms in total. The van der Waals surface area contributed by atoms with Crippen molar-refractivity contribution in [2.24, 2.45) is 5.92 Å². The van der Waals surface area contributed by atoms with Gasteiger partial charge in [0.25, 0.3) is 0 Å². The van der Waals surface area contributed by atoms with Gasteiger partial charge in [-0.15, -0.1) is 11.8 Å². The van der Waals surface area contributed by atoms with E-state index in [2.05, 4.69) is 10.6 Å². The van der Waals surface area contributed by atoms with Crippen molar-refractivity contribution >= 4 is 56.6 Å². The van der Waals surface area contributed by atoms with E-state index in [0.717, 1.165) is 10.5 Å². The normalized spacial score (nSPS) is 19.8. The highest BCUT2D eigenvalue weighted by Crippen LogP contribution is 2.37. The van der Waals surface area contributed by atoms with E-state index in [9.17, 15) is 18.0 Å². The third kappa shape index (κ3) is 4.66. The molecule has 1 fully saturated rings. The number of piperidine rings is 1. The average Bonchev–Trinajstić information content (AvgIpc) is 2.77. The van der Waals surface area contributed by atoms with Gasteiger partial charge in [0.2, 0.25) is 21.8 Å². The van der Waals surface area contributed by atoms with Crippen LogP contribution >= 0.6 is 23.4 Å². The molecule has 2 aliphatic rings. The molecule has 0 aliphatic carbocycles. The number of nitrogens with one attached hydrogen (secondary N) is 2. The molecule has 32 heavy (non-hydrogen) atoms. The van der Waals surface area contributed by atoms with Crippen LogP contribution in [0.4, 0.5) is 11.4 Å². The Hall–Kier alpha value is -2.07. The Bertz CT molecular complexity index is 1180. The van der Waals surface area contributed by atoms with Gasteiger partial charge in [-0.05, 0) is 62.6 Å². The summed E-state index contributed by atoms with van der Waals surface area (Å²) < 4.78 is 27.7. The lowest BCUT2D eigenvalue weighted by atomic mass is 9.97. The Morgan fingerprint density at radius 3 is 2.59 bits per heavy atom. The van der Waals surface area contributed by atoms with Crippen LogP contribution in [0.1, 0.15) is 25.3 Å². The summed E-state index contributed by atoms with van der Waals surface area (Å²) in [5.41, 5.74) is 2.08. The fourth-order valence-electron chi connectivity index (χ4n) is 3.77. The lowest BCUT2D eigenvalue weighted by Crippen LogP contribution is -2.41. The summed E-state index contributed by atoms with van der Waals surface area (Å²) in [5, 5.41) is 6.01. The van der Waals surface area contributed by atoms with Crippen LogP contribution in [0.2, 0.25) is 5.02 Å². The zero-order chi connectivity index (χ0) is 23.0. The van der Waals surface area contributed by atoms with Crippen molar-refractivity contribution in [2.75, 3.05) is 23.7 Å². The van der Waals surface area contributed by atoms with E-state index in [1.165, 1.54) is 22.1 Å². The molecule has 170 valence electrons. The second-order valence-electron chi connectivity index (χ2n) is 8.04. The predicted molar refractivity (Wildman–Crippen MR) is 127 cm³/mol. The minimum absolute atomic E-state index is 0.135. The molecule has 2 aliphatic heterocycles. The summed E-state index contributed by atoms with van der Waals surface area (Å²) in [4.78, 5) is 25.6. The molecule has 0 unspecified atom stereocenters. The second kappa shape index (κ2) is 9.05. The van der Waals surface area contributed by atoms with E-state index in [4.69, 9.17) is 11.6 Å². The number of carbonyl (C=O) groups is 2. The van der Waals surface area contributed by atoms with Crippen molar-refractivity contribution in [1.82, 2.24) is 4.31 Å². The van der Waals surface area contributed by atoms with Gasteiger partial charge in [-0.3, -0.25) is 9.59 Å². The third-order valence-corrected chi connectivity index (χ3v) is 9.26. The van der Waals surface area contributed by atoms with Gasteiger partial charge in [-0.2, -0.15) is 4.31 Å². The molecule has 2 N–H and O–H groups in total. The number of fused-ring (bicyclic) bond motifs is 1. The monoisotopic (exact) mass is 493 g/mol. The Kier molecular flexibility index (Phi) is 6.53. The van der Waals surface area contributed by atoms with Gasteiger partial charge in [0.1, 0.15) is 0 Å². The first-order chi connectivity index (χ1) is 15.1. The minimum atomic E-state index is -3.72. The fourth-order valence-corrected chi connectivity index (χ4v) is 6.38. The highest BCUT2D eigenvalue weighted by Gasteiger charge is 2.33. The first-order valence-corrected chi connectivity index (χ1v) is 13.0. The van der Waals surface area contributed by atoms with Gasteiger partial charge in [-0.1, -0.05) is 17.7 Å². The second-order valence-corrected chi connectivity index (χ2v) is 11.8. The maximum atomic E-state index is 13.1. The summed E-state index contributed by atoms with van der Waals surface area (Å²) >= 11 is 7.53. The molecular formula is C22H24ClN3O4S2. The molecule has 2 amide bonds. The van der Waals surface area contributed by atoms with Crippen LogP contribution in [0.3, 0.4) is 0 Å². The largest absolute Gasteiger partial charge is 0.326 e. The van der Waals surface area contributed by atoms with E-state index < -0.39 is 10.0 Å². The summed E-state index contributed by atoms with van der Waals surface area (Å²) in [7, 11) is -3.72. The standard InChI is InChI=1S/C22H24ClN3O4S2/c1-13-3-4-16(11-18(13)23)24-22(28)15-7-9-26(10-8-15)32(29,30)17-5-6-20-19(12-17)25-21(27)14(2)31-20/h3-6,11-12,14-15H,7-10H2,1-2H3,(H,24,28)(H,25,27)/t14-/m1/s1. The third-order valence-electron chi connectivity index (χ3n) is 5.78. The molecular weight excluding hydrogens is 470 g/mol. The van der Waals surface area contributed by atoms with Crippen molar-refractivity contribution < 1.29 is 18.0 Å². The highest BCUT2D eigenvalue weighted by atomic mass is 35.5.